The monoisotopic (exact) mass is 865 g/mol. The summed E-state index contributed by atoms with van der Waals surface area (Å²) in [4.78, 5) is 97.3. The van der Waals surface area contributed by atoms with Crippen LogP contribution in [-0.2, 0) is 46.4 Å². The Labute approximate surface area is 362 Å². The van der Waals surface area contributed by atoms with Crippen molar-refractivity contribution in [3.63, 3.8) is 0 Å². The van der Waals surface area contributed by atoms with Crippen molar-refractivity contribution in [2.75, 3.05) is 12.3 Å². The molecule has 3 aromatic rings. The first-order valence-electron chi connectivity index (χ1n) is 20.7. The van der Waals surface area contributed by atoms with Crippen molar-refractivity contribution in [3.8, 4) is 5.75 Å². The molecule has 0 spiro atoms. The van der Waals surface area contributed by atoms with E-state index in [1.165, 1.54) is 19.1 Å². The second kappa shape index (κ2) is 24.6. The van der Waals surface area contributed by atoms with Gasteiger partial charge in [-0.25, -0.2) is 0 Å². The molecule has 17 nitrogen and oxygen atoms in total. The lowest BCUT2D eigenvalue weighted by molar-refractivity contribution is -0.136. The Hall–Kier alpha value is -5.62. The van der Waals surface area contributed by atoms with E-state index >= 15 is 0 Å². The van der Waals surface area contributed by atoms with Crippen molar-refractivity contribution in [1.29, 1.82) is 0 Å². The van der Waals surface area contributed by atoms with Crippen molar-refractivity contribution in [2.24, 2.45) is 23.3 Å². The number of H-pyrrole nitrogens is 1. The highest BCUT2D eigenvalue weighted by molar-refractivity contribution is 7.80. The number of phenols is 1. The maximum Gasteiger partial charge on any atom is 0.243 e. The topological polar surface area (TPSA) is 280 Å². The van der Waals surface area contributed by atoms with Gasteiger partial charge < -0.3 is 53.5 Å². The van der Waals surface area contributed by atoms with Crippen LogP contribution < -0.4 is 43.4 Å². The van der Waals surface area contributed by atoms with E-state index < -0.39 is 83.5 Å². The van der Waals surface area contributed by atoms with Gasteiger partial charge >= 0.3 is 0 Å². The number of carbonyl (C=O) groups is 7. The second-order valence-electron chi connectivity index (χ2n) is 15.8. The Morgan fingerprint density at radius 1 is 0.721 bits per heavy atom. The smallest absolute Gasteiger partial charge is 0.243 e. The number of thiol groups is 1. The van der Waals surface area contributed by atoms with E-state index in [1.54, 1.807) is 25.3 Å². The lowest BCUT2D eigenvalue weighted by Crippen LogP contribution is -2.61. The van der Waals surface area contributed by atoms with E-state index in [2.05, 4.69) is 49.5 Å². The Kier molecular flexibility index (Phi) is 20.1. The predicted octanol–water partition coefficient (Wildman–Crippen LogP) is 1.22. The fraction of sp³-hybridized carbons (Fsp3) is 0.512. The molecule has 12 N–H and O–H groups in total. The number of aromatic amines is 1. The van der Waals surface area contributed by atoms with Gasteiger partial charge in [0.05, 0.1) is 0 Å². The minimum Gasteiger partial charge on any atom is -0.508 e. The molecule has 0 saturated carbocycles. The number of nitrogens with one attached hydrogen (secondary N) is 7. The standard InChI is InChI=1S/C43H63N9O8S/c1-6-25(4)37(43(60)48-32(13-9-10-18-44)39(56)51-36(23-61)38(45)55)52-42(59)34(20-27-14-16-29(54)17-15-27)49-41(58)35(21-28-22-46-31-12-8-7-11-30(28)31)50-40(57)33(19-24(2)3)47-26(5)53/h7-8,11-12,14-17,22,24-25,32-37,46,54,61H,6,9-10,13,18-21,23,44H2,1-5H3,(H2,45,55)(H,47,53)(H,48,60)(H,49,58)(H,50,57)(H,51,56)(H,52,59)/t25-,32-,33-,34-,35-,36-,37-/m0/s1. The Balaban J connectivity index is 1.99. The van der Waals surface area contributed by atoms with Gasteiger partial charge in [-0.15, -0.1) is 0 Å². The van der Waals surface area contributed by atoms with Crippen LogP contribution in [0.5, 0.6) is 5.75 Å². The SMILES string of the molecule is CC[C@H](C)[C@H](NC(=O)[C@H](Cc1ccc(O)cc1)NC(=O)[C@H](Cc1c[nH]c2ccccc12)NC(=O)[C@H](CC(C)C)NC(C)=O)C(=O)N[C@@H](CCCCN)C(=O)N[C@@H](CS)C(N)=O. The quantitative estimate of drug-likeness (QED) is 0.0431. The number of hydrogen-bond donors (Lipinski definition) is 11. The summed E-state index contributed by atoms with van der Waals surface area (Å²) in [6.45, 7) is 9.03. The number of benzene rings is 2. The van der Waals surface area contributed by atoms with Crippen molar-refractivity contribution in [3.05, 3.63) is 65.9 Å². The number of nitrogens with two attached hydrogens (primary N) is 2. The van der Waals surface area contributed by atoms with Crippen molar-refractivity contribution in [1.82, 2.24) is 36.9 Å². The molecule has 2 aromatic carbocycles. The number of amides is 7. The molecule has 0 aliphatic carbocycles. The van der Waals surface area contributed by atoms with E-state index in [0.29, 0.717) is 43.4 Å². The van der Waals surface area contributed by atoms with Crippen LogP contribution in [0.3, 0.4) is 0 Å². The summed E-state index contributed by atoms with van der Waals surface area (Å²) in [5, 5.41) is 27.2. The molecule has 7 atom stereocenters. The summed E-state index contributed by atoms with van der Waals surface area (Å²) < 4.78 is 0. The zero-order chi connectivity index (χ0) is 45.2. The molecule has 1 heterocycles. The average molecular weight is 866 g/mol. The van der Waals surface area contributed by atoms with Gasteiger partial charge in [-0.1, -0.05) is 64.4 Å². The van der Waals surface area contributed by atoms with Gasteiger partial charge in [0.15, 0.2) is 0 Å². The van der Waals surface area contributed by atoms with E-state index in [-0.39, 0.29) is 36.7 Å². The number of rotatable bonds is 25. The largest absolute Gasteiger partial charge is 0.508 e. The first kappa shape index (κ1) is 49.7. The Morgan fingerprint density at radius 3 is 1.89 bits per heavy atom. The number of carbonyl (C=O) groups excluding carboxylic acids is 7. The zero-order valence-corrected chi connectivity index (χ0v) is 36.5. The summed E-state index contributed by atoms with van der Waals surface area (Å²) in [5.74, 6) is -5.10. The summed E-state index contributed by atoms with van der Waals surface area (Å²) in [6, 6.07) is 6.64. The first-order chi connectivity index (χ1) is 29.0. The fourth-order valence-corrected chi connectivity index (χ4v) is 7.03. The van der Waals surface area contributed by atoms with Crippen LogP contribution in [0, 0.1) is 11.8 Å². The lowest BCUT2D eigenvalue weighted by Gasteiger charge is -2.29. The third-order valence-electron chi connectivity index (χ3n) is 10.4. The van der Waals surface area contributed by atoms with Crippen LogP contribution in [0.25, 0.3) is 10.9 Å². The normalized spacial score (nSPS) is 14.7. The van der Waals surface area contributed by atoms with E-state index in [9.17, 15) is 38.7 Å². The molecule has 61 heavy (non-hydrogen) atoms. The Bertz CT molecular complexity index is 1960. The van der Waals surface area contributed by atoms with Gasteiger partial charge in [0.25, 0.3) is 0 Å². The van der Waals surface area contributed by atoms with Crippen LogP contribution in [0.2, 0.25) is 0 Å². The van der Waals surface area contributed by atoms with Gasteiger partial charge in [-0.05, 0) is 73.4 Å². The maximum atomic E-state index is 14.5. The summed E-state index contributed by atoms with van der Waals surface area (Å²) >= 11 is 4.10. The highest BCUT2D eigenvalue weighted by Gasteiger charge is 2.35. The van der Waals surface area contributed by atoms with Crippen molar-refractivity contribution in [2.45, 2.75) is 116 Å². The summed E-state index contributed by atoms with van der Waals surface area (Å²) in [6.07, 6.45) is 3.61. The molecule has 3 rings (SSSR count). The van der Waals surface area contributed by atoms with Gasteiger partial charge in [0, 0.05) is 42.6 Å². The third-order valence-corrected chi connectivity index (χ3v) is 10.7. The lowest BCUT2D eigenvalue weighted by atomic mass is 9.96. The number of unbranched alkanes of at least 4 members (excludes halogenated alkanes) is 1. The number of primary amides is 1. The second-order valence-corrected chi connectivity index (χ2v) is 16.2. The molecule has 0 aliphatic heterocycles. The molecular weight excluding hydrogens is 803 g/mol. The van der Waals surface area contributed by atoms with Crippen LogP contribution >= 0.6 is 12.6 Å². The maximum absolute atomic E-state index is 14.5. The number of aromatic nitrogens is 1. The van der Waals surface area contributed by atoms with Gasteiger partial charge in [0.2, 0.25) is 41.4 Å². The molecule has 0 fully saturated rings. The highest BCUT2D eigenvalue weighted by Crippen LogP contribution is 2.20. The van der Waals surface area contributed by atoms with Crippen molar-refractivity contribution >= 4 is 64.9 Å². The number of aromatic hydroxyl groups is 1. The van der Waals surface area contributed by atoms with Gasteiger partial charge in [-0.2, -0.15) is 12.6 Å². The minimum absolute atomic E-state index is 0.0128. The van der Waals surface area contributed by atoms with Gasteiger partial charge in [0.1, 0.15) is 42.0 Å². The van der Waals surface area contributed by atoms with Crippen LogP contribution in [-0.4, -0.2) is 100.0 Å². The molecule has 334 valence electrons. The number of para-hydroxylation sites is 1. The number of phenolic OH excluding ortho intramolecular Hbond substituents is 1. The van der Waals surface area contributed by atoms with Gasteiger partial charge in [-0.3, -0.25) is 33.6 Å². The highest BCUT2D eigenvalue weighted by atomic mass is 32.1. The minimum atomic E-state index is -1.31. The number of fused-ring (bicyclic) bond motifs is 1. The average Bonchev–Trinajstić information content (AvgIpc) is 3.62. The first-order valence-corrected chi connectivity index (χ1v) is 21.3. The molecule has 0 saturated heterocycles. The molecular formula is C43H63N9O8S. The van der Waals surface area contributed by atoms with Crippen LogP contribution in [0.15, 0.2) is 54.7 Å². The molecule has 0 radical (unpaired) electrons. The Morgan fingerprint density at radius 2 is 1.30 bits per heavy atom. The van der Waals surface area contributed by atoms with E-state index in [0.717, 1.165) is 10.9 Å². The molecule has 0 bridgehead atoms. The summed E-state index contributed by atoms with van der Waals surface area (Å²) in [7, 11) is 0. The molecule has 7 amide bonds. The third kappa shape index (κ3) is 15.7. The summed E-state index contributed by atoms with van der Waals surface area (Å²) in [5.41, 5.74) is 13.2. The van der Waals surface area contributed by atoms with Crippen LogP contribution in [0.1, 0.15) is 77.8 Å². The fourth-order valence-electron chi connectivity index (χ4n) is 6.76. The van der Waals surface area contributed by atoms with E-state index in [4.69, 9.17) is 11.5 Å². The predicted molar refractivity (Wildman–Crippen MR) is 236 cm³/mol. The molecule has 0 unspecified atom stereocenters. The molecule has 1 aromatic heterocycles. The molecule has 18 heteroatoms. The zero-order valence-electron chi connectivity index (χ0n) is 35.6. The van der Waals surface area contributed by atoms with Crippen molar-refractivity contribution < 1.29 is 38.7 Å². The van der Waals surface area contributed by atoms with Crippen LogP contribution in [0.4, 0.5) is 0 Å². The molecule has 0 aliphatic rings. The number of hydrogen-bond acceptors (Lipinski definition) is 10. The van der Waals surface area contributed by atoms with E-state index in [1.807, 2.05) is 45.0 Å².